The van der Waals surface area contributed by atoms with E-state index in [0.29, 0.717) is 5.56 Å². The fraction of sp³-hybridized carbons (Fsp3) is 0. The largest absolute Gasteiger partial charge is 0.393 e. The van der Waals surface area contributed by atoms with Crippen LogP contribution in [0.5, 0.6) is 0 Å². The Balaban J connectivity index is 1.63. The maximum atomic E-state index is 13.7. The van der Waals surface area contributed by atoms with Crippen LogP contribution in [0.4, 0.5) is 21.7 Å². The Morgan fingerprint density at radius 1 is 0.897 bits per heavy atom. The van der Waals surface area contributed by atoms with Crippen LogP contribution < -0.4 is 27.4 Å². The maximum Gasteiger partial charge on any atom is 0.272 e. The highest BCUT2D eigenvalue weighted by atomic mass is 79.9. The van der Waals surface area contributed by atoms with E-state index in [1.165, 1.54) is 30.6 Å². The molecule has 0 atom stereocenters. The number of nitrogen functional groups attached to an aromatic ring is 1. The van der Waals surface area contributed by atoms with Crippen LogP contribution in [-0.4, -0.2) is 21.8 Å². The molecule has 1 aromatic heterocycles. The normalized spacial score (nSPS) is 10.1. The van der Waals surface area contributed by atoms with Gasteiger partial charge in [0.05, 0.1) is 5.56 Å². The Labute approximate surface area is 173 Å². The summed E-state index contributed by atoms with van der Waals surface area (Å²) in [6.07, 6.45) is 1.17. The quantitative estimate of drug-likeness (QED) is 0.357. The summed E-state index contributed by atoms with van der Waals surface area (Å²) in [6, 6.07) is 12.2. The lowest BCUT2D eigenvalue weighted by Gasteiger charge is -2.14. The predicted molar refractivity (Wildman–Crippen MR) is 109 cm³/mol. The number of halogens is 2. The van der Waals surface area contributed by atoms with Crippen LogP contribution in [0.2, 0.25) is 0 Å². The lowest BCUT2D eigenvalue weighted by molar-refractivity contribution is 0.0952. The summed E-state index contributed by atoms with van der Waals surface area (Å²) in [5, 5.41) is 0. The minimum atomic E-state index is -0.709. The first-order valence-corrected chi connectivity index (χ1v) is 8.98. The van der Waals surface area contributed by atoms with Gasteiger partial charge in [-0.3, -0.25) is 31.3 Å². The molecule has 0 unspecified atom stereocenters. The van der Waals surface area contributed by atoms with Gasteiger partial charge in [0.15, 0.2) is 11.6 Å². The highest BCUT2D eigenvalue weighted by molar-refractivity contribution is 9.10. The van der Waals surface area contributed by atoms with Gasteiger partial charge in [-0.1, -0.05) is 28.1 Å². The molecule has 0 saturated carbocycles. The van der Waals surface area contributed by atoms with Gasteiger partial charge in [-0.2, -0.15) is 0 Å². The fourth-order valence-corrected chi connectivity index (χ4v) is 2.48. The Bertz CT molecular complexity index is 1050. The minimum Gasteiger partial charge on any atom is -0.393 e. The van der Waals surface area contributed by atoms with Crippen LogP contribution in [0.3, 0.4) is 0 Å². The van der Waals surface area contributed by atoms with Crippen LogP contribution in [0, 0.1) is 5.82 Å². The Morgan fingerprint density at radius 2 is 1.48 bits per heavy atom. The number of carbonyl (C=O) groups is 2. The molecule has 0 aliphatic carbocycles. The summed E-state index contributed by atoms with van der Waals surface area (Å²) >= 11 is 3.29. The standard InChI is InChI=1S/C18H15BrFN7O2/c19-11-7-5-10(6-8-11)17(28)26-24-15-14(21)16(23-9-22-15)25-27-18(29)12-3-1-2-4-13(12)20/h1-9H,21H2,(H,26,28)(H,27,29)(H2,22,23,24,25). The van der Waals surface area contributed by atoms with E-state index in [9.17, 15) is 14.0 Å². The third-order valence-corrected chi connectivity index (χ3v) is 4.23. The van der Waals surface area contributed by atoms with Gasteiger partial charge < -0.3 is 5.73 Å². The van der Waals surface area contributed by atoms with E-state index in [2.05, 4.69) is 47.6 Å². The van der Waals surface area contributed by atoms with Crippen molar-refractivity contribution < 1.29 is 14.0 Å². The first kappa shape index (κ1) is 20.0. The Hall–Kier alpha value is -3.73. The highest BCUT2D eigenvalue weighted by Crippen LogP contribution is 2.21. The highest BCUT2D eigenvalue weighted by Gasteiger charge is 2.13. The average molecular weight is 460 g/mol. The molecule has 0 aliphatic heterocycles. The topological polar surface area (TPSA) is 134 Å². The number of hydrogen-bond acceptors (Lipinski definition) is 7. The van der Waals surface area contributed by atoms with Crippen LogP contribution in [0.15, 0.2) is 59.3 Å². The van der Waals surface area contributed by atoms with Crippen molar-refractivity contribution in [2.45, 2.75) is 0 Å². The van der Waals surface area contributed by atoms with Crippen LogP contribution in [0.25, 0.3) is 0 Å². The number of nitrogens with one attached hydrogen (secondary N) is 4. The van der Waals surface area contributed by atoms with Crippen molar-refractivity contribution in [1.82, 2.24) is 20.8 Å². The average Bonchev–Trinajstić information content (AvgIpc) is 2.72. The number of hydrogen-bond donors (Lipinski definition) is 5. The molecule has 0 radical (unpaired) electrons. The molecule has 6 N–H and O–H groups in total. The van der Waals surface area contributed by atoms with E-state index in [1.54, 1.807) is 24.3 Å². The molecule has 9 nitrogen and oxygen atoms in total. The van der Waals surface area contributed by atoms with E-state index in [1.807, 2.05) is 0 Å². The first-order valence-electron chi connectivity index (χ1n) is 8.19. The molecule has 29 heavy (non-hydrogen) atoms. The molecule has 1 heterocycles. The van der Waals surface area contributed by atoms with Crippen LogP contribution in [-0.2, 0) is 0 Å². The third kappa shape index (κ3) is 4.96. The third-order valence-electron chi connectivity index (χ3n) is 3.70. The second-order valence-electron chi connectivity index (χ2n) is 5.63. The summed E-state index contributed by atoms with van der Waals surface area (Å²) in [5.74, 6) is -1.62. The lowest BCUT2D eigenvalue weighted by atomic mass is 10.2. The second-order valence-corrected chi connectivity index (χ2v) is 6.55. The number of anilines is 3. The fourth-order valence-electron chi connectivity index (χ4n) is 2.21. The van der Waals surface area contributed by atoms with Crippen molar-refractivity contribution >= 4 is 45.1 Å². The molecule has 2 amide bonds. The maximum absolute atomic E-state index is 13.7. The summed E-state index contributed by atoms with van der Waals surface area (Å²) in [6.45, 7) is 0. The molecule has 3 aromatic rings. The van der Waals surface area contributed by atoms with Gasteiger partial charge in [0.2, 0.25) is 0 Å². The second kappa shape index (κ2) is 8.97. The van der Waals surface area contributed by atoms with Gasteiger partial charge in [-0.25, -0.2) is 14.4 Å². The van der Waals surface area contributed by atoms with Gasteiger partial charge in [0, 0.05) is 10.0 Å². The number of carbonyl (C=O) groups excluding carboxylic acids is 2. The van der Waals surface area contributed by atoms with Crippen molar-refractivity contribution in [3.63, 3.8) is 0 Å². The van der Waals surface area contributed by atoms with Gasteiger partial charge in [0.1, 0.15) is 17.8 Å². The van der Waals surface area contributed by atoms with E-state index >= 15 is 0 Å². The zero-order valence-electron chi connectivity index (χ0n) is 14.7. The minimum absolute atomic E-state index is 0.0254. The molecular formula is C18H15BrFN7O2. The number of hydrazine groups is 2. The van der Waals surface area contributed by atoms with Crippen LogP contribution >= 0.6 is 15.9 Å². The number of benzene rings is 2. The predicted octanol–water partition coefficient (Wildman–Crippen LogP) is 2.47. The summed E-state index contributed by atoms with van der Waals surface area (Å²) in [4.78, 5) is 32.0. The first-order chi connectivity index (χ1) is 14.0. The summed E-state index contributed by atoms with van der Waals surface area (Å²) in [7, 11) is 0. The molecule has 3 rings (SSSR count). The zero-order chi connectivity index (χ0) is 20.8. The molecular weight excluding hydrogens is 445 g/mol. The van der Waals surface area contributed by atoms with Crippen molar-refractivity contribution in [2.24, 2.45) is 0 Å². The molecule has 148 valence electrons. The molecule has 0 spiro atoms. The monoisotopic (exact) mass is 459 g/mol. The van der Waals surface area contributed by atoms with Gasteiger partial charge in [-0.05, 0) is 36.4 Å². The molecule has 0 bridgehead atoms. The number of rotatable bonds is 6. The molecule has 0 fully saturated rings. The smallest absolute Gasteiger partial charge is 0.272 e. The molecule has 0 saturated heterocycles. The van der Waals surface area contributed by atoms with Crippen molar-refractivity contribution in [1.29, 1.82) is 0 Å². The Kier molecular flexibility index (Phi) is 6.19. The van der Waals surface area contributed by atoms with Gasteiger partial charge in [-0.15, -0.1) is 0 Å². The summed E-state index contributed by atoms with van der Waals surface area (Å²) in [5.41, 5.74) is 16.1. The van der Waals surface area contributed by atoms with Crippen LogP contribution in [0.1, 0.15) is 20.7 Å². The van der Waals surface area contributed by atoms with Crippen molar-refractivity contribution in [3.05, 3.63) is 76.3 Å². The molecule has 2 aromatic carbocycles. The number of amides is 2. The van der Waals surface area contributed by atoms with E-state index < -0.39 is 17.6 Å². The SMILES string of the molecule is Nc1c(NNC(=O)c2ccc(Br)cc2)ncnc1NNC(=O)c1ccccc1F. The van der Waals surface area contributed by atoms with Crippen molar-refractivity contribution in [3.8, 4) is 0 Å². The van der Waals surface area contributed by atoms with Crippen molar-refractivity contribution in [2.75, 3.05) is 16.6 Å². The number of nitrogens with two attached hydrogens (primary N) is 1. The number of aromatic nitrogens is 2. The molecule has 0 aliphatic rings. The van der Waals surface area contributed by atoms with Gasteiger partial charge in [0.25, 0.3) is 11.8 Å². The zero-order valence-corrected chi connectivity index (χ0v) is 16.3. The Morgan fingerprint density at radius 3 is 2.10 bits per heavy atom. The lowest BCUT2D eigenvalue weighted by Crippen LogP contribution is -2.32. The van der Waals surface area contributed by atoms with E-state index in [0.717, 1.165) is 4.47 Å². The van der Waals surface area contributed by atoms with Gasteiger partial charge >= 0.3 is 0 Å². The number of nitrogens with zero attached hydrogens (tertiary/aromatic N) is 2. The summed E-state index contributed by atoms with van der Waals surface area (Å²) < 4.78 is 14.5. The van der Waals surface area contributed by atoms with E-state index in [4.69, 9.17) is 5.73 Å². The molecule has 11 heteroatoms. The van der Waals surface area contributed by atoms with E-state index in [-0.39, 0.29) is 22.9 Å².